The van der Waals surface area contributed by atoms with Gasteiger partial charge in [0, 0.05) is 19.8 Å². The zero-order valence-corrected chi connectivity index (χ0v) is 11.3. The molecule has 0 spiro atoms. The van der Waals surface area contributed by atoms with Gasteiger partial charge in [0.05, 0.1) is 0 Å². The summed E-state index contributed by atoms with van der Waals surface area (Å²) in [5.74, 6) is 1.49. The van der Waals surface area contributed by atoms with E-state index in [1.807, 2.05) is 0 Å². The van der Waals surface area contributed by atoms with Crippen molar-refractivity contribution in [3.63, 3.8) is 0 Å². The smallest absolute Gasteiger partial charge is 0.0361 e. The maximum Gasteiger partial charge on any atom is 0.0361 e. The van der Waals surface area contributed by atoms with Gasteiger partial charge >= 0.3 is 0 Å². The fourth-order valence-corrected chi connectivity index (χ4v) is 1.85. The van der Waals surface area contributed by atoms with E-state index in [0.717, 1.165) is 5.92 Å². The topological polar surface area (TPSA) is 3.24 Å². The van der Waals surface area contributed by atoms with E-state index in [0.29, 0.717) is 5.92 Å². The van der Waals surface area contributed by atoms with Gasteiger partial charge in [-0.2, -0.15) is 0 Å². The molecule has 0 bridgehead atoms. The summed E-state index contributed by atoms with van der Waals surface area (Å²) in [7, 11) is 4.16. The Morgan fingerprint density at radius 1 is 0.938 bits per heavy atom. The molecule has 1 rings (SSSR count). The molecule has 1 nitrogen and oxygen atoms in total. The van der Waals surface area contributed by atoms with Crippen LogP contribution in [0.25, 0.3) is 0 Å². The lowest BCUT2D eigenvalue weighted by Gasteiger charge is -2.16. The van der Waals surface area contributed by atoms with Crippen LogP contribution in [0, 0.1) is 5.92 Å². The zero-order chi connectivity index (χ0) is 12.1. The highest BCUT2D eigenvalue weighted by atomic mass is 15.1. The molecule has 1 aromatic rings. The minimum atomic E-state index is 0.679. The van der Waals surface area contributed by atoms with Crippen LogP contribution in [-0.2, 0) is 0 Å². The Morgan fingerprint density at radius 2 is 1.50 bits per heavy atom. The van der Waals surface area contributed by atoms with Crippen LogP contribution in [-0.4, -0.2) is 14.1 Å². The number of hydrogen-bond acceptors (Lipinski definition) is 1. The average molecular weight is 219 g/mol. The van der Waals surface area contributed by atoms with Gasteiger partial charge in [-0.05, 0) is 36.0 Å². The molecule has 0 aromatic heterocycles. The van der Waals surface area contributed by atoms with Crippen molar-refractivity contribution in [1.29, 1.82) is 0 Å². The molecule has 0 saturated carbocycles. The Kier molecular flexibility index (Phi) is 4.85. The molecule has 0 aliphatic heterocycles. The maximum absolute atomic E-state index is 2.33. The fraction of sp³-hybridized carbons (Fsp3) is 0.600. The first-order chi connectivity index (χ1) is 7.50. The Balaban J connectivity index is 2.59. The van der Waals surface area contributed by atoms with E-state index in [-0.39, 0.29) is 0 Å². The number of rotatable bonds is 5. The second kappa shape index (κ2) is 5.93. The van der Waals surface area contributed by atoms with Crippen molar-refractivity contribution < 1.29 is 0 Å². The monoisotopic (exact) mass is 219 g/mol. The lowest BCUT2D eigenvalue weighted by atomic mass is 9.93. The molecule has 0 N–H and O–H groups in total. The normalized spacial score (nSPS) is 12.9. The predicted molar refractivity (Wildman–Crippen MR) is 73.3 cm³/mol. The van der Waals surface area contributed by atoms with Crippen molar-refractivity contribution in [2.75, 3.05) is 19.0 Å². The maximum atomic E-state index is 2.33. The van der Waals surface area contributed by atoms with Crippen molar-refractivity contribution in [3.05, 3.63) is 29.8 Å². The quantitative estimate of drug-likeness (QED) is 0.714. The first-order valence-electron chi connectivity index (χ1n) is 6.28. The molecular formula is C15H25N. The molecule has 0 aliphatic carbocycles. The van der Waals surface area contributed by atoms with Crippen LogP contribution in [0.15, 0.2) is 24.3 Å². The third-order valence-corrected chi connectivity index (χ3v) is 3.16. The van der Waals surface area contributed by atoms with Crippen LogP contribution < -0.4 is 4.90 Å². The molecule has 0 saturated heterocycles. The molecule has 16 heavy (non-hydrogen) atoms. The molecule has 0 radical (unpaired) electrons. The molecular weight excluding hydrogens is 194 g/mol. The van der Waals surface area contributed by atoms with E-state index in [4.69, 9.17) is 0 Å². The van der Waals surface area contributed by atoms with Crippen molar-refractivity contribution in [2.45, 2.75) is 39.5 Å². The first kappa shape index (κ1) is 13.1. The lowest BCUT2D eigenvalue weighted by Crippen LogP contribution is -2.08. The first-order valence-corrected chi connectivity index (χ1v) is 6.28. The molecule has 0 aliphatic rings. The predicted octanol–water partition coefficient (Wildman–Crippen LogP) is 4.29. The van der Waals surface area contributed by atoms with E-state index in [2.05, 4.69) is 64.0 Å². The van der Waals surface area contributed by atoms with Gasteiger partial charge in [-0.25, -0.2) is 0 Å². The summed E-state index contributed by atoms with van der Waals surface area (Å²) in [6.45, 7) is 6.91. The van der Waals surface area contributed by atoms with Gasteiger partial charge in [0.25, 0.3) is 0 Å². The summed E-state index contributed by atoms with van der Waals surface area (Å²) in [5.41, 5.74) is 2.74. The van der Waals surface area contributed by atoms with Gasteiger partial charge < -0.3 is 4.90 Å². The Morgan fingerprint density at radius 3 is 1.94 bits per heavy atom. The van der Waals surface area contributed by atoms with E-state index >= 15 is 0 Å². The third kappa shape index (κ3) is 3.88. The van der Waals surface area contributed by atoms with Crippen LogP contribution in [0.5, 0.6) is 0 Å². The van der Waals surface area contributed by atoms with Crippen molar-refractivity contribution in [3.8, 4) is 0 Å². The Labute approximate surface area is 100 Å². The van der Waals surface area contributed by atoms with Crippen LogP contribution in [0.4, 0.5) is 5.69 Å². The molecule has 90 valence electrons. The van der Waals surface area contributed by atoms with Gasteiger partial charge in [-0.1, -0.05) is 39.3 Å². The summed E-state index contributed by atoms with van der Waals surface area (Å²) in [6.07, 6.45) is 2.61. The van der Waals surface area contributed by atoms with Crippen molar-refractivity contribution in [1.82, 2.24) is 0 Å². The van der Waals surface area contributed by atoms with Crippen LogP contribution in [0.1, 0.15) is 45.1 Å². The third-order valence-electron chi connectivity index (χ3n) is 3.16. The van der Waals surface area contributed by atoms with Crippen molar-refractivity contribution >= 4 is 5.69 Å². The highest BCUT2D eigenvalue weighted by Gasteiger charge is 2.06. The second-order valence-electron chi connectivity index (χ2n) is 5.36. The second-order valence-corrected chi connectivity index (χ2v) is 5.36. The molecule has 1 heteroatoms. The van der Waals surface area contributed by atoms with Gasteiger partial charge in [0.1, 0.15) is 0 Å². The molecule has 1 unspecified atom stereocenters. The molecule has 1 atom stereocenters. The SMILES string of the molecule is CC(C)CCC(C)c1ccc(N(C)C)cc1. The summed E-state index contributed by atoms with van der Waals surface area (Å²) >= 11 is 0. The van der Waals surface area contributed by atoms with E-state index in [1.165, 1.54) is 24.1 Å². The number of nitrogens with zero attached hydrogens (tertiary/aromatic N) is 1. The Hall–Kier alpha value is -0.980. The van der Waals surface area contributed by atoms with E-state index < -0.39 is 0 Å². The largest absolute Gasteiger partial charge is 0.378 e. The highest BCUT2D eigenvalue weighted by molar-refractivity contribution is 5.46. The number of hydrogen-bond donors (Lipinski definition) is 0. The van der Waals surface area contributed by atoms with Gasteiger partial charge in [0.15, 0.2) is 0 Å². The fourth-order valence-electron chi connectivity index (χ4n) is 1.85. The Bertz CT molecular complexity index is 298. The number of anilines is 1. The van der Waals surface area contributed by atoms with Crippen molar-refractivity contribution in [2.24, 2.45) is 5.92 Å². The number of benzene rings is 1. The van der Waals surface area contributed by atoms with Crippen LogP contribution in [0.3, 0.4) is 0 Å². The minimum Gasteiger partial charge on any atom is -0.378 e. The van der Waals surface area contributed by atoms with Crippen LogP contribution >= 0.6 is 0 Å². The average Bonchev–Trinajstić information content (AvgIpc) is 2.26. The molecule has 0 heterocycles. The summed E-state index contributed by atoms with van der Waals surface area (Å²) in [5, 5.41) is 0. The van der Waals surface area contributed by atoms with Gasteiger partial charge in [0.2, 0.25) is 0 Å². The summed E-state index contributed by atoms with van der Waals surface area (Å²) < 4.78 is 0. The van der Waals surface area contributed by atoms with Gasteiger partial charge in [-0.15, -0.1) is 0 Å². The summed E-state index contributed by atoms with van der Waals surface area (Å²) in [6, 6.07) is 8.95. The summed E-state index contributed by atoms with van der Waals surface area (Å²) in [4.78, 5) is 2.14. The standard InChI is InChI=1S/C15H25N/c1-12(2)6-7-13(3)14-8-10-15(11-9-14)16(4)5/h8-13H,6-7H2,1-5H3. The zero-order valence-electron chi connectivity index (χ0n) is 11.3. The minimum absolute atomic E-state index is 0.679. The van der Waals surface area contributed by atoms with E-state index in [9.17, 15) is 0 Å². The lowest BCUT2D eigenvalue weighted by molar-refractivity contribution is 0.517. The molecule has 0 fully saturated rings. The molecule has 0 amide bonds. The van der Waals surface area contributed by atoms with Gasteiger partial charge in [-0.3, -0.25) is 0 Å². The molecule has 1 aromatic carbocycles. The van der Waals surface area contributed by atoms with E-state index in [1.54, 1.807) is 0 Å². The van der Waals surface area contributed by atoms with Crippen LogP contribution in [0.2, 0.25) is 0 Å². The highest BCUT2D eigenvalue weighted by Crippen LogP contribution is 2.24.